The first-order chi connectivity index (χ1) is 10.4. The second-order valence-corrected chi connectivity index (χ2v) is 5.15. The van der Waals surface area contributed by atoms with Crippen molar-refractivity contribution in [3.8, 4) is 0 Å². The number of halogens is 5. The van der Waals surface area contributed by atoms with Crippen molar-refractivity contribution in [1.82, 2.24) is 0 Å². The van der Waals surface area contributed by atoms with Crippen molar-refractivity contribution in [2.75, 3.05) is 4.41 Å². The average molecular weight is 336 g/mol. The summed E-state index contributed by atoms with van der Waals surface area (Å²) in [5.41, 5.74) is -1.69. The number of nitroso groups, excluding NO2 is 1. The second-order valence-electron chi connectivity index (χ2n) is 3.84. The van der Waals surface area contributed by atoms with Gasteiger partial charge in [0.1, 0.15) is 16.6 Å². The molecule has 22 heavy (non-hydrogen) atoms. The van der Waals surface area contributed by atoms with Crippen LogP contribution in [0.25, 0.3) is 0 Å². The Morgan fingerprint density at radius 2 is 1.32 bits per heavy atom. The lowest BCUT2D eigenvalue weighted by Gasteiger charge is -2.19. The number of nitrogens with zero attached hydrogens (tertiary/aromatic N) is 2. The molecule has 1 atom stereocenters. The molecular formula is C12H5F5N2O2S. The predicted molar refractivity (Wildman–Crippen MR) is 67.4 cm³/mol. The summed E-state index contributed by atoms with van der Waals surface area (Å²) >= 11 is -2.60. The molecule has 10 heteroatoms. The van der Waals surface area contributed by atoms with Crippen molar-refractivity contribution in [3.63, 3.8) is 0 Å². The monoisotopic (exact) mass is 336 g/mol. The molecule has 0 bridgehead atoms. The zero-order chi connectivity index (χ0) is 16.4. The highest BCUT2D eigenvalue weighted by molar-refractivity contribution is 7.92. The Balaban J connectivity index is 2.60. The Hall–Kier alpha value is -2.20. The van der Waals surface area contributed by atoms with E-state index in [0.717, 1.165) is 0 Å². The lowest BCUT2D eigenvalue weighted by molar-refractivity contribution is 0.380. The highest BCUT2D eigenvalue weighted by Gasteiger charge is 2.36. The van der Waals surface area contributed by atoms with Crippen molar-refractivity contribution < 1.29 is 26.5 Å². The van der Waals surface area contributed by atoms with E-state index in [1.54, 1.807) is 0 Å². The highest BCUT2D eigenvalue weighted by Crippen LogP contribution is 2.33. The van der Waals surface area contributed by atoms with Gasteiger partial charge in [-0.1, -0.05) is 18.2 Å². The molecule has 0 saturated carbocycles. The Bertz CT molecular complexity index is 687. The van der Waals surface area contributed by atoms with Crippen LogP contribution in [0.1, 0.15) is 0 Å². The second kappa shape index (κ2) is 6.28. The maximum atomic E-state index is 13.6. The van der Waals surface area contributed by atoms with Gasteiger partial charge in [0, 0.05) is 0 Å². The SMILES string of the molecule is O=NN(c1c(F)c(F)c(F)c(F)c1F)[S+]([O-])c1ccccc1. The van der Waals surface area contributed by atoms with Gasteiger partial charge in [-0.05, 0) is 16.5 Å². The number of benzene rings is 2. The van der Waals surface area contributed by atoms with Gasteiger partial charge in [0.05, 0.1) is 0 Å². The Kier molecular flexibility index (Phi) is 4.62. The molecule has 0 amide bonds. The summed E-state index contributed by atoms with van der Waals surface area (Å²) in [6.07, 6.45) is 0. The van der Waals surface area contributed by atoms with Gasteiger partial charge in [0.15, 0.2) is 33.9 Å². The average Bonchev–Trinajstić information content (AvgIpc) is 2.55. The molecule has 4 nitrogen and oxygen atoms in total. The molecule has 0 aliphatic rings. The maximum Gasteiger partial charge on any atom is 0.200 e. The van der Waals surface area contributed by atoms with Gasteiger partial charge in [-0.25, -0.2) is 22.0 Å². The van der Waals surface area contributed by atoms with Crippen LogP contribution in [-0.4, -0.2) is 4.55 Å². The molecule has 0 aromatic heterocycles. The topological polar surface area (TPSA) is 55.7 Å². The number of hydrogen-bond acceptors (Lipinski definition) is 3. The van der Waals surface area contributed by atoms with Crippen molar-refractivity contribution in [3.05, 3.63) is 64.3 Å². The third-order valence-electron chi connectivity index (χ3n) is 2.55. The van der Waals surface area contributed by atoms with Gasteiger partial charge >= 0.3 is 0 Å². The van der Waals surface area contributed by atoms with Crippen LogP contribution in [0.5, 0.6) is 0 Å². The fourth-order valence-electron chi connectivity index (χ4n) is 1.55. The molecule has 0 saturated heterocycles. The molecule has 2 rings (SSSR count). The smallest absolute Gasteiger partial charge is 0.200 e. The molecule has 0 heterocycles. The van der Waals surface area contributed by atoms with Crippen molar-refractivity contribution >= 4 is 17.0 Å². The Morgan fingerprint density at radius 1 is 0.864 bits per heavy atom. The molecule has 116 valence electrons. The fraction of sp³-hybridized carbons (Fsp3) is 0. The van der Waals surface area contributed by atoms with Gasteiger partial charge < -0.3 is 4.55 Å². The first kappa shape index (κ1) is 16.2. The van der Waals surface area contributed by atoms with E-state index in [0.29, 0.717) is 0 Å². The summed E-state index contributed by atoms with van der Waals surface area (Å²) in [6, 6.07) is 6.77. The van der Waals surface area contributed by atoms with Crippen LogP contribution in [0.2, 0.25) is 0 Å². The summed E-state index contributed by atoms with van der Waals surface area (Å²) in [5.74, 6) is -11.5. The highest BCUT2D eigenvalue weighted by atomic mass is 32.2. The van der Waals surface area contributed by atoms with Crippen LogP contribution in [0.4, 0.5) is 27.6 Å². The van der Waals surface area contributed by atoms with Gasteiger partial charge in [-0.15, -0.1) is 4.91 Å². The lowest BCUT2D eigenvalue weighted by Crippen LogP contribution is -2.28. The summed E-state index contributed by atoms with van der Waals surface area (Å²) < 4.78 is 78.2. The third kappa shape index (κ3) is 2.62. The van der Waals surface area contributed by atoms with E-state index in [-0.39, 0.29) is 9.31 Å². The quantitative estimate of drug-likeness (QED) is 0.214. The standard InChI is InChI=1S/C12H5F5N2O2S/c13-7-8(14)10(16)12(11(17)9(7)15)19(18-20)22(21)6-4-2-1-3-5-6/h1-5H. The number of rotatable bonds is 4. The molecule has 0 aliphatic heterocycles. The van der Waals surface area contributed by atoms with Gasteiger partial charge in [0.25, 0.3) is 0 Å². The summed E-state index contributed by atoms with van der Waals surface area (Å²) in [7, 11) is 0. The Labute approximate surface area is 123 Å². The fourth-order valence-corrected chi connectivity index (χ4v) is 2.53. The summed E-state index contributed by atoms with van der Waals surface area (Å²) in [4.78, 5) is 10.6. The molecule has 0 fully saturated rings. The first-order valence-corrected chi connectivity index (χ1v) is 6.62. The van der Waals surface area contributed by atoms with E-state index in [2.05, 4.69) is 5.29 Å². The maximum absolute atomic E-state index is 13.6. The van der Waals surface area contributed by atoms with E-state index in [1.165, 1.54) is 30.3 Å². The molecule has 0 aliphatic carbocycles. The van der Waals surface area contributed by atoms with Gasteiger partial charge in [-0.3, -0.25) is 0 Å². The van der Waals surface area contributed by atoms with E-state index in [4.69, 9.17) is 0 Å². The van der Waals surface area contributed by atoms with Gasteiger partial charge in [0.2, 0.25) is 5.82 Å². The largest absolute Gasteiger partial charge is 0.586 e. The van der Waals surface area contributed by atoms with Crippen LogP contribution in [0, 0.1) is 34.0 Å². The zero-order valence-corrected chi connectivity index (χ0v) is 11.2. The minimum absolute atomic E-state index is 0.119. The Morgan fingerprint density at radius 3 is 1.77 bits per heavy atom. The molecule has 0 radical (unpaired) electrons. The number of anilines is 1. The number of hydrogen-bond donors (Lipinski definition) is 0. The molecule has 2 aromatic rings. The van der Waals surface area contributed by atoms with E-state index < -0.39 is 46.1 Å². The van der Waals surface area contributed by atoms with Crippen molar-refractivity contribution in [2.45, 2.75) is 4.90 Å². The summed E-state index contributed by atoms with van der Waals surface area (Å²) in [6.45, 7) is 0. The normalized spacial score (nSPS) is 12.1. The minimum atomic E-state index is -2.60. The van der Waals surface area contributed by atoms with Crippen molar-refractivity contribution in [1.29, 1.82) is 0 Å². The third-order valence-corrected chi connectivity index (χ3v) is 3.79. The molecule has 1 unspecified atom stereocenters. The molecule has 0 N–H and O–H groups in total. The van der Waals surface area contributed by atoms with Crippen LogP contribution < -0.4 is 4.41 Å². The molecule has 2 aromatic carbocycles. The molecular weight excluding hydrogens is 331 g/mol. The van der Waals surface area contributed by atoms with E-state index >= 15 is 0 Å². The van der Waals surface area contributed by atoms with Crippen molar-refractivity contribution in [2.24, 2.45) is 5.29 Å². The van der Waals surface area contributed by atoms with Gasteiger partial charge in [-0.2, -0.15) is 0 Å². The molecule has 0 spiro atoms. The summed E-state index contributed by atoms with van der Waals surface area (Å²) in [5, 5.41) is 2.12. The predicted octanol–water partition coefficient (Wildman–Crippen LogP) is 3.59. The van der Waals surface area contributed by atoms with E-state index in [9.17, 15) is 31.4 Å². The first-order valence-electron chi connectivity index (χ1n) is 5.52. The zero-order valence-electron chi connectivity index (χ0n) is 10.4. The van der Waals surface area contributed by atoms with Crippen LogP contribution in [0.15, 0.2) is 40.5 Å². The minimum Gasteiger partial charge on any atom is -0.586 e. The lowest BCUT2D eigenvalue weighted by atomic mass is 10.2. The van der Waals surface area contributed by atoms with Crippen LogP contribution in [0.3, 0.4) is 0 Å². The van der Waals surface area contributed by atoms with Crippen LogP contribution >= 0.6 is 0 Å². The van der Waals surface area contributed by atoms with E-state index in [1.807, 2.05) is 0 Å². The van der Waals surface area contributed by atoms with Crippen LogP contribution in [-0.2, 0) is 11.4 Å².